The van der Waals surface area contributed by atoms with Crippen molar-refractivity contribution in [2.24, 2.45) is 5.92 Å². The van der Waals surface area contributed by atoms with Crippen LogP contribution in [0.5, 0.6) is 0 Å². The van der Waals surface area contributed by atoms with E-state index < -0.39 is 0 Å². The summed E-state index contributed by atoms with van der Waals surface area (Å²) >= 11 is 0. The van der Waals surface area contributed by atoms with E-state index in [1.165, 1.54) is 5.56 Å². The zero-order valence-corrected chi connectivity index (χ0v) is 17.2. The molecule has 2 N–H and O–H groups in total. The SMILES string of the molecule is Cc1ccc(/C=C/C(=O)N2CCCC(CNC(=O)Nc3ccc(C)cc3)C2)cc1. The van der Waals surface area contributed by atoms with Gasteiger partial charge in [0.15, 0.2) is 0 Å². The molecule has 1 heterocycles. The summed E-state index contributed by atoms with van der Waals surface area (Å²) in [5.74, 6) is 0.295. The van der Waals surface area contributed by atoms with Crippen molar-refractivity contribution in [3.63, 3.8) is 0 Å². The van der Waals surface area contributed by atoms with Gasteiger partial charge in [-0.1, -0.05) is 47.5 Å². The van der Waals surface area contributed by atoms with Crippen LogP contribution in [0.15, 0.2) is 54.6 Å². The number of amides is 3. The Morgan fingerprint density at radius 1 is 1.03 bits per heavy atom. The van der Waals surface area contributed by atoms with Crippen LogP contribution in [0.1, 0.15) is 29.5 Å². The first-order chi connectivity index (χ1) is 14.0. The number of piperidine rings is 1. The largest absolute Gasteiger partial charge is 0.339 e. The average molecular weight is 392 g/mol. The van der Waals surface area contributed by atoms with Crippen LogP contribution in [0.25, 0.3) is 6.08 Å². The van der Waals surface area contributed by atoms with Gasteiger partial charge in [-0.25, -0.2) is 4.79 Å². The van der Waals surface area contributed by atoms with E-state index in [-0.39, 0.29) is 17.9 Å². The maximum absolute atomic E-state index is 12.5. The Labute approximate surface area is 172 Å². The Balaban J connectivity index is 1.45. The summed E-state index contributed by atoms with van der Waals surface area (Å²) in [6.07, 6.45) is 5.47. The predicted octanol–water partition coefficient (Wildman–Crippen LogP) is 4.38. The summed E-state index contributed by atoms with van der Waals surface area (Å²) in [6, 6.07) is 15.6. The van der Waals surface area contributed by atoms with Gasteiger partial charge in [-0.2, -0.15) is 0 Å². The smallest absolute Gasteiger partial charge is 0.319 e. The number of urea groups is 1. The molecule has 3 rings (SSSR count). The maximum atomic E-state index is 12.5. The van der Waals surface area contributed by atoms with Crippen LogP contribution in [0.2, 0.25) is 0 Å². The number of anilines is 1. The van der Waals surface area contributed by atoms with Gasteiger partial charge in [-0.15, -0.1) is 0 Å². The molecule has 0 aliphatic carbocycles. The Hall–Kier alpha value is -3.08. The molecular formula is C24H29N3O2. The molecule has 1 unspecified atom stereocenters. The maximum Gasteiger partial charge on any atom is 0.319 e. The minimum atomic E-state index is -0.212. The van der Waals surface area contributed by atoms with E-state index in [1.807, 2.05) is 73.4 Å². The zero-order chi connectivity index (χ0) is 20.6. The van der Waals surface area contributed by atoms with Crippen LogP contribution in [-0.2, 0) is 4.79 Å². The quantitative estimate of drug-likeness (QED) is 0.743. The molecule has 0 radical (unpaired) electrons. The van der Waals surface area contributed by atoms with Gasteiger partial charge in [-0.05, 0) is 56.4 Å². The van der Waals surface area contributed by atoms with Crippen molar-refractivity contribution in [2.45, 2.75) is 26.7 Å². The molecule has 3 amide bonds. The summed E-state index contributed by atoms with van der Waals surface area (Å²) in [6.45, 7) is 6.05. The second kappa shape index (κ2) is 9.92. The number of benzene rings is 2. The Morgan fingerprint density at radius 2 is 1.69 bits per heavy atom. The lowest BCUT2D eigenvalue weighted by Gasteiger charge is -2.32. The summed E-state index contributed by atoms with van der Waals surface area (Å²) in [5.41, 5.74) is 4.15. The molecule has 1 aliphatic rings. The summed E-state index contributed by atoms with van der Waals surface area (Å²) in [4.78, 5) is 26.5. The number of hydrogen-bond donors (Lipinski definition) is 2. The van der Waals surface area contributed by atoms with Crippen molar-refractivity contribution in [3.8, 4) is 0 Å². The fraction of sp³-hybridized carbons (Fsp3) is 0.333. The number of aryl methyl sites for hydroxylation is 2. The van der Waals surface area contributed by atoms with Crippen molar-refractivity contribution < 1.29 is 9.59 Å². The molecule has 1 saturated heterocycles. The van der Waals surface area contributed by atoms with E-state index in [2.05, 4.69) is 10.6 Å². The van der Waals surface area contributed by atoms with Gasteiger partial charge < -0.3 is 15.5 Å². The van der Waals surface area contributed by atoms with Crippen LogP contribution in [0.3, 0.4) is 0 Å². The molecule has 2 aromatic rings. The number of rotatable bonds is 5. The van der Waals surface area contributed by atoms with Crippen LogP contribution in [-0.4, -0.2) is 36.5 Å². The van der Waals surface area contributed by atoms with E-state index in [0.29, 0.717) is 13.1 Å². The summed E-state index contributed by atoms with van der Waals surface area (Å²) in [7, 11) is 0. The zero-order valence-electron chi connectivity index (χ0n) is 17.2. The number of likely N-dealkylation sites (tertiary alicyclic amines) is 1. The van der Waals surface area contributed by atoms with Crippen LogP contribution in [0.4, 0.5) is 10.5 Å². The minimum Gasteiger partial charge on any atom is -0.339 e. The third kappa shape index (κ3) is 6.49. The molecule has 1 atom stereocenters. The minimum absolute atomic E-state index is 0.0272. The molecule has 152 valence electrons. The van der Waals surface area contributed by atoms with Gasteiger partial charge in [0.25, 0.3) is 0 Å². The highest BCUT2D eigenvalue weighted by Crippen LogP contribution is 2.17. The molecular weight excluding hydrogens is 362 g/mol. The molecule has 5 nitrogen and oxygen atoms in total. The number of hydrogen-bond acceptors (Lipinski definition) is 2. The first-order valence-electron chi connectivity index (χ1n) is 10.1. The highest BCUT2D eigenvalue weighted by Gasteiger charge is 2.22. The molecule has 0 spiro atoms. The first-order valence-corrected chi connectivity index (χ1v) is 10.1. The van der Waals surface area contributed by atoms with E-state index in [1.54, 1.807) is 6.08 Å². The highest BCUT2D eigenvalue weighted by atomic mass is 16.2. The topological polar surface area (TPSA) is 61.4 Å². The van der Waals surface area contributed by atoms with Gasteiger partial charge in [0.2, 0.25) is 5.91 Å². The van der Waals surface area contributed by atoms with Gasteiger partial charge in [0.1, 0.15) is 0 Å². The fourth-order valence-electron chi connectivity index (χ4n) is 3.43. The number of carbonyl (C=O) groups excluding carboxylic acids is 2. The molecule has 1 fully saturated rings. The third-order valence-electron chi connectivity index (χ3n) is 5.19. The number of nitrogens with zero attached hydrogens (tertiary/aromatic N) is 1. The molecule has 0 aromatic heterocycles. The molecule has 0 bridgehead atoms. The Kier molecular flexibility index (Phi) is 7.06. The summed E-state index contributed by atoms with van der Waals surface area (Å²) in [5, 5.41) is 5.78. The molecule has 2 aromatic carbocycles. The van der Waals surface area contributed by atoms with Crippen molar-refractivity contribution in [2.75, 3.05) is 25.0 Å². The van der Waals surface area contributed by atoms with E-state index in [0.717, 1.165) is 36.2 Å². The lowest BCUT2D eigenvalue weighted by Crippen LogP contribution is -2.43. The van der Waals surface area contributed by atoms with Crippen molar-refractivity contribution >= 4 is 23.7 Å². The van der Waals surface area contributed by atoms with E-state index in [9.17, 15) is 9.59 Å². The average Bonchev–Trinajstić information content (AvgIpc) is 2.73. The fourth-order valence-corrected chi connectivity index (χ4v) is 3.43. The van der Waals surface area contributed by atoms with Crippen molar-refractivity contribution in [1.29, 1.82) is 0 Å². The second-order valence-electron chi connectivity index (χ2n) is 7.74. The lowest BCUT2D eigenvalue weighted by atomic mass is 9.98. The standard InChI is InChI=1S/C24H29N3O2/c1-18-5-9-20(10-6-18)11-14-23(28)27-15-3-4-21(17-27)16-25-24(29)26-22-12-7-19(2)8-13-22/h5-14,21H,3-4,15-17H2,1-2H3,(H2,25,26,29)/b14-11+. The monoisotopic (exact) mass is 391 g/mol. The van der Waals surface area contributed by atoms with E-state index in [4.69, 9.17) is 0 Å². The van der Waals surface area contributed by atoms with Crippen molar-refractivity contribution in [3.05, 3.63) is 71.3 Å². The Bertz CT molecular complexity index is 857. The van der Waals surface area contributed by atoms with Crippen LogP contribution in [0, 0.1) is 19.8 Å². The molecule has 5 heteroatoms. The van der Waals surface area contributed by atoms with Gasteiger partial charge in [0.05, 0.1) is 0 Å². The van der Waals surface area contributed by atoms with Gasteiger partial charge in [0, 0.05) is 31.4 Å². The molecule has 0 saturated carbocycles. The number of nitrogens with one attached hydrogen (secondary N) is 2. The third-order valence-corrected chi connectivity index (χ3v) is 5.19. The first kappa shape index (κ1) is 20.6. The molecule has 1 aliphatic heterocycles. The predicted molar refractivity (Wildman–Crippen MR) is 118 cm³/mol. The van der Waals surface area contributed by atoms with Gasteiger partial charge in [-0.3, -0.25) is 4.79 Å². The van der Waals surface area contributed by atoms with Crippen LogP contribution < -0.4 is 10.6 Å². The summed E-state index contributed by atoms with van der Waals surface area (Å²) < 4.78 is 0. The second-order valence-corrected chi connectivity index (χ2v) is 7.74. The normalized spacial score (nSPS) is 16.6. The number of carbonyl (C=O) groups is 2. The van der Waals surface area contributed by atoms with Crippen LogP contribution >= 0.6 is 0 Å². The lowest BCUT2D eigenvalue weighted by molar-refractivity contribution is -0.127. The van der Waals surface area contributed by atoms with Crippen molar-refractivity contribution in [1.82, 2.24) is 10.2 Å². The Morgan fingerprint density at radius 3 is 2.38 bits per heavy atom. The highest BCUT2D eigenvalue weighted by molar-refractivity contribution is 5.92. The molecule has 29 heavy (non-hydrogen) atoms. The van der Waals surface area contributed by atoms with Gasteiger partial charge >= 0.3 is 6.03 Å². The van der Waals surface area contributed by atoms with E-state index >= 15 is 0 Å².